The van der Waals surface area contributed by atoms with Gasteiger partial charge in [-0.3, -0.25) is 0 Å². The number of hydrogen-bond donors (Lipinski definition) is 2. The third-order valence-electron chi connectivity index (χ3n) is 4.44. The van der Waals surface area contributed by atoms with Crippen molar-refractivity contribution >= 4 is 5.96 Å². The van der Waals surface area contributed by atoms with Gasteiger partial charge in [-0.15, -0.1) is 0 Å². The predicted octanol–water partition coefficient (Wildman–Crippen LogP) is 3.50. The van der Waals surface area contributed by atoms with Crippen molar-refractivity contribution in [3.05, 3.63) is 53.1 Å². The Morgan fingerprint density at radius 3 is 2.00 bits per heavy atom. The molecule has 0 saturated carbocycles. The number of ether oxygens (including phenoxy) is 4. The predicted molar refractivity (Wildman–Crippen MR) is 120 cm³/mol. The minimum atomic E-state index is 0.472. The van der Waals surface area contributed by atoms with Crippen LogP contribution in [0.1, 0.15) is 30.5 Å². The van der Waals surface area contributed by atoms with Gasteiger partial charge in [0.05, 0.1) is 34.5 Å². The van der Waals surface area contributed by atoms with E-state index in [1.54, 1.807) is 21.3 Å². The number of nitrogens with zero attached hydrogens (tertiary/aromatic N) is 1. The van der Waals surface area contributed by atoms with E-state index in [4.69, 9.17) is 18.9 Å². The summed E-state index contributed by atoms with van der Waals surface area (Å²) in [5.41, 5.74) is 3.30. The van der Waals surface area contributed by atoms with E-state index in [0.717, 1.165) is 24.7 Å². The third kappa shape index (κ3) is 6.84. The summed E-state index contributed by atoms with van der Waals surface area (Å²) < 4.78 is 21.7. The quantitative estimate of drug-likeness (QED) is 0.432. The van der Waals surface area contributed by atoms with Gasteiger partial charge in [-0.25, -0.2) is 4.99 Å². The first-order chi connectivity index (χ1) is 14.6. The lowest BCUT2D eigenvalue weighted by Crippen LogP contribution is -2.36. The number of nitrogens with one attached hydrogen (secondary N) is 2. The Balaban J connectivity index is 2.05. The summed E-state index contributed by atoms with van der Waals surface area (Å²) >= 11 is 0. The molecule has 0 heterocycles. The second-order valence-corrected chi connectivity index (χ2v) is 6.54. The highest BCUT2D eigenvalue weighted by atomic mass is 16.5. The zero-order valence-electron chi connectivity index (χ0n) is 18.6. The van der Waals surface area contributed by atoms with Crippen LogP contribution in [0.15, 0.2) is 41.4 Å². The van der Waals surface area contributed by atoms with Crippen LogP contribution in [0.25, 0.3) is 0 Å². The maximum absolute atomic E-state index is 5.44. The molecule has 0 aromatic heterocycles. The van der Waals surface area contributed by atoms with Crippen LogP contribution in [0.5, 0.6) is 17.2 Å². The molecule has 0 bridgehead atoms. The van der Waals surface area contributed by atoms with Crippen LogP contribution in [-0.4, -0.2) is 40.4 Å². The monoisotopic (exact) mass is 415 g/mol. The summed E-state index contributed by atoms with van der Waals surface area (Å²) in [6.45, 7) is 7.32. The smallest absolute Gasteiger partial charge is 0.203 e. The van der Waals surface area contributed by atoms with Crippen molar-refractivity contribution in [3.63, 3.8) is 0 Å². The largest absolute Gasteiger partial charge is 0.493 e. The maximum atomic E-state index is 5.44. The standard InChI is InChI=1S/C23H33N3O4/c1-6-24-23(25-14-17-8-10-18(11-9-17)16-30-7-2)26-15-19-12-20(27-3)22(29-5)21(13-19)28-4/h8-13H,6-7,14-16H2,1-5H3,(H2,24,25,26). The highest BCUT2D eigenvalue weighted by molar-refractivity contribution is 5.79. The molecule has 2 rings (SSSR count). The van der Waals surface area contributed by atoms with Gasteiger partial charge in [0.15, 0.2) is 17.5 Å². The molecule has 0 atom stereocenters. The normalized spacial score (nSPS) is 11.2. The average molecular weight is 416 g/mol. The summed E-state index contributed by atoms with van der Waals surface area (Å²) in [7, 11) is 4.81. The van der Waals surface area contributed by atoms with Crippen molar-refractivity contribution < 1.29 is 18.9 Å². The molecule has 0 aliphatic heterocycles. The van der Waals surface area contributed by atoms with E-state index in [-0.39, 0.29) is 0 Å². The van der Waals surface area contributed by atoms with Crippen LogP contribution in [0.2, 0.25) is 0 Å². The van der Waals surface area contributed by atoms with Crippen molar-refractivity contribution in [2.24, 2.45) is 4.99 Å². The first-order valence-corrected chi connectivity index (χ1v) is 10.1. The molecule has 2 aromatic carbocycles. The van der Waals surface area contributed by atoms with Crippen molar-refractivity contribution in [1.82, 2.24) is 10.6 Å². The number of aliphatic imine (C=N–C) groups is 1. The van der Waals surface area contributed by atoms with Crippen LogP contribution in [0.4, 0.5) is 0 Å². The Kier molecular flexibility index (Phi) is 9.80. The van der Waals surface area contributed by atoms with E-state index < -0.39 is 0 Å². The molecule has 30 heavy (non-hydrogen) atoms. The van der Waals surface area contributed by atoms with Gasteiger partial charge in [0.25, 0.3) is 0 Å². The molecule has 0 aliphatic rings. The molecule has 0 aliphatic carbocycles. The zero-order chi connectivity index (χ0) is 21.8. The Labute approximate surface area is 179 Å². The van der Waals surface area contributed by atoms with Gasteiger partial charge in [0.1, 0.15) is 0 Å². The molecule has 2 aromatic rings. The lowest BCUT2D eigenvalue weighted by atomic mass is 10.1. The second-order valence-electron chi connectivity index (χ2n) is 6.54. The number of benzene rings is 2. The van der Waals surface area contributed by atoms with Crippen LogP contribution in [0, 0.1) is 0 Å². The molecular weight excluding hydrogens is 382 g/mol. The molecule has 0 radical (unpaired) electrons. The van der Waals surface area contributed by atoms with E-state index in [0.29, 0.717) is 36.9 Å². The Bertz CT molecular complexity index is 782. The SMILES string of the molecule is CCNC(=NCc1cc(OC)c(OC)c(OC)c1)NCc1ccc(COCC)cc1. The van der Waals surface area contributed by atoms with Crippen LogP contribution >= 0.6 is 0 Å². The molecular formula is C23H33N3O4. The minimum absolute atomic E-state index is 0.472. The maximum Gasteiger partial charge on any atom is 0.203 e. The fraction of sp³-hybridized carbons (Fsp3) is 0.435. The topological polar surface area (TPSA) is 73.3 Å². The number of guanidine groups is 1. The molecule has 0 fully saturated rings. The van der Waals surface area contributed by atoms with Gasteiger partial charge in [0.2, 0.25) is 5.75 Å². The van der Waals surface area contributed by atoms with Gasteiger partial charge < -0.3 is 29.6 Å². The second kappa shape index (κ2) is 12.6. The Hall–Kier alpha value is -2.93. The molecule has 0 saturated heterocycles. The van der Waals surface area contributed by atoms with E-state index >= 15 is 0 Å². The number of rotatable bonds is 11. The van der Waals surface area contributed by atoms with Crippen molar-refractivity contribution in [1.29, 1.82) is 0 Å². The Morgan fingerprint density at radius 2 is 1.47 bits per heavy atom. The first-order valence-electron chi connectivity index (χ1n) is 10.1. The van der Waals surface area contributed by atoms with E-state index in [2.05, 4.69) is 39.9 Å². The van der Waals surface area contributed by atoms with E-state index in [9.17, 15) is 0 Å². The molecule has 0 amide bonds. The highest BCUT2D eigenvalue weighted by Gasteiger charge is 2.13. The summed E-state index contributed by atoms with van der Waals surface area (Å²) in [6, 6.07) is 12.2. The summed E-state index contributed by atoms with van der Waals surface area (Å²) in [5, 5.41) is 6.64. The van der Waals surface area contributed by atoms with Gasteiger partial charge >= 0.3 is 0 Å². The third-order valence-corrected chi connectivity index (χ3v) is 4.44. The van der Waals surface area contributed by atoms with Gasteiger partial charge in [-0.05, 0) is 42.7 Å². The van der Waals surface area contributed by atoms with Gasteiger partial charge in [-0.2, -0.15) is 0 Å². The van der Waals surface area contributed by atoms with E-state index in [1.165, 1.54) is 11.1 Å². The molecule has 7 nitrogen and oxygen atoms in total. The molecule has 0 spiro atoms. The minimum Gasteiger partial charge on any atom is -0.493 e. The molecule has 2 N–H and O–H groups in total. The fourth-order valence-corrected chi connectivity index (χ4v) is 2.90. The number of hydrogen-bond acceptors (Lipinski definition) is 5. The highest BCUT2D eigenvalue weighted by Crippen LogP contribution is 2.38. The fourth-order valence-electron chi connectivity index (χ4n) is 2.90. The lowest BCUT2D eigenvalue weighted by Gasteiger charge is -2.14. The van der Waals surface area contributed by atoms with Crippen molar-refractivity contribution in [3.8, 4) is 17.2 Å². The molecule has 7 heteroatoms. The van der Waals surface area contributed by atoms with Crippen molar-refractivity contribution in [2.45, 2.75) is 33.5 Å². The van der Waals surface area contributed by atoms with Crippen molar-refractivity contribution in [2.75, 3.05) is 34.5 Å². The van der Waals surface area contributed by atoms with E-state index in [1.807, 2.05) is 26.0 Å². The summed E-state index contributed by atoms with van der Waals surface area (Å²) in [6.07, 6.45) is 0. The Morgan fingerprint density at radius 1 is 0.833 bits per heavy atom. The summed E-state index contributed by atoms with van der Waals surface area (Å²) in [4.78, 5) is 4.69. The average Bonchev–Trinajstić information content (AvgIpc) is 2.79. The number of methoxy groups -OCH3 is 3. The van der Waals surface area contributed by atoms with Gasteiger partial charge in [-0.1, -0.05) is 24.3 Å². The first kappa shape index (κ1) is 23.3. The van der Waals surface area contributed by atoms with Crippen LogP contribution in [0.3, 0.4) is 0 Å². The molecule has 0 unspecified atom stereocenters. The molecule has 164 valence electrons. The lowest BCUT2D eigenvalue weighted by molar-refractivity contribution is 0.134. The van der Waals surface area contributed by atoms with Crippen LogP contribution < -0.4 is 24.8 Å². The van der Waals surface area contributed by atoms with Crippen LogP contribution in [-0.2, 0) is 24.4 Å². The zero-order valence-corrected chi connectivity index (χ0v) is 18.6. The summed E-state index contributed by atoms with van der Waals surface area (Å²) in [5.74, 6) is 2.55. The van der Waals surface area contributed by atoms with Gasteiger partial charge in [0, 0.05) is 19.7 Å².